The van der Waals surface area contributed by atoms with Crippen LogP contribution in [0.25, 0.3) is 0 Å². The fourth-order valence-corrected chi connectivity index (χ4v) is 4.62. The Hall–Kier alpha value is -3.13. The van der Waals surface area contributed by atoms with Crippen molar-refractivity contribution in [1.29, 1.82) is 0 Å². The van der Waals surface area contributed by atoms with Gasteiger partial charge in [0.2, 0.25) is 0 Å². The van der Waals surface area contributed by atoms with E-state index in [0.29, 0.717) is 30.2 Å². The van der Waals surface area contributed by atoms with Gasteiger partial charge >= 0.3 is 0 Å². The summed E-state index contributed by atoms with van der Waals surface area (Å²) in [6.45, 7) is 6.67. The van der Waals surface area contributed by atoms with Crippen LogP contribution in [0.3, 0.4) is 0 Å². The van der Waals surface area contributed by atoms with Gasteiger partial charge in [-0.25, -0.2) is 0 Å². The molecule has 1 amide bonds. The number of aryl methyl sites for hydroxylation is 2. The molecule has 1 fully saturated rings. The number of hydrogen-bond acceptors (Lipinski definition) is 7. The van der Waals surface area contributed by atoms with E-state index in [9.17, 15) is 4.79 Å². The molecule has 0 unspecified atom stereocenters. The van der Waals surface area contributed by atoms with Crippen LogP contribution in [-0.2, 0) is 13.2 Å². The average Bonchev–Trinajstić information content (AvgIpc) is 3.18. The van der Waals surface area contributed by atoms with E-state index in [1.54, 1.807) is 25.3 Å². The van der Waals surface area contributed by atoms with Gasteiger partial charge in [0.25, 0.3) is 5.91 Å². The van der Waals surface area contributed by atoms with Crippen LogP contribution >= 0.6 is 11.8 Å². The van der Waals surface area contributed by atoms with Crippen molar-refractivity contribution < 1.29 is 18.8 Å². The summed E-state index contributed by atoms with van der Waals surface area (Å²) in [6.07, 6.45) is 0. The number of nitrogens with one attached hydrogen (secondary N) is 1. The van der Waals surface area contributed by atoms with Gasteiger partial charge in [0.15, 0.2) is 11.5 Å². The van der Waals surface area contributed by atoms with E-state index in [-0.39, 0.29) is 5.91 Å². The smallest absolute Gasteiger partial charge is 0.251 e. The number of hydrogen-bond donors (Lipinski definition) is 1. The molecule has 2 aromatic carbocycles. The molecule has 7 nitrogen and oxygen atoms in total. The Morgan fingerprint density at radius 1 is 1.12 bits per heavy atom. The predicted octanol–water partition coefficient (Wildman–Crippen LogP) is 4.36. The Morgan fingerprint density at radius 2 is 1.88 bits per heavy atom. The van der Waals surface area contributed by atoms with E-state index >= 15 is 0 Å². The highest BCUT2D eigenvalue weighted by Crippen LogP contribution is 2.29. The van der Waals surface area contributed by atoms with Crippen molar-refractivity contribution in [3.8, 4) is 11.5 Å². The lowest BCUT2D eigenvalue weighted by molar-refractivity contribution is 0.0950. The number of ether oxygens (including phenoxy) is 2. The van der Waals surface area contributed by atoms with Gasteiger partial charge in [-0.2, -0.15) is 11.8 Å². The Bertz CT molecular complexity index is 1070. The van der Waals surface area contributed by atoms with Gasteiger partial charge in [-0.05, 0) is 49.7 Å². The molecule has 1 aliphatic heterocycles. The second-order valence-corrected chi connectivity index (χ2v) is 9.13. The number of anilines is 1. The summed E-state index contributed by atoms with van der Waals surface area (Å²) in [4.78, 5) is 15.1. The molecule has 0 aliphatic carbocycles. The maximum Gasteiger partial charge on any atom is 0.251 e. The standard InChI is InChI=1S/C25H29N3O4S/c1-17-22(18(2)32-27-17)16-31-23-9-6-20(14-24(23)30-3)25(29)26-15-19-4-7-21(8-5-19)28-10-12-33-13-11-28/h4-9,14H,10-13,15-16H2,1-3H3,(H,26,29). The lowest BCUT2D eigenvalue weighted by Crippen LogP contribution is -2.32. The van der Waals surface area contributed by atoms with E-state index in [1.165, 1.54) is 17.2 Å². The third kappa shape index (κ3) is 5.63. The van der Waals surface area contributed by atoms with Crippen molar-refractivity contribution in [3.63, 3.8) is 0 Å². The molecule has 0 spiro atoms. The largest absolute Gasteiger partial charge is 0.493 e. The highest BCUT2D eigenvalue weighted by molar-refractivity contribution is 7.99. The Kier molecular flexibility index (Phi) is 7.44. The minimum Gasteiger partial charge on any atom is -0.493 e. The monoisotopic (exact) mass is 467 g/mol. The van der Waals surface area contributed by atoms with Crippen LogP contribution in [0.1, 0.15) is 32.9 Å². The molecule has 8 heteroatoms. The molecule has 1 aromatic heterocycles. The molecule has 4 rings (SSSR count). The summed E-state index contributed by atoms with van der Waals surface area (Å²) >= 11 is 2.00. The first-order valence-corrected chi connectivity index (χ1v) is 12.1. The molecular weight excluding hydrogens is 438 g/mol. The zero-order chi connectivity index (χ0) is 23.2. The maximum absolute atomic E-state index is 12.7. The lowest BCUT2D eigenvalue weighted by Gasteiger charge is -2.28. The molecule has 0 saturated carbocycles. The topological polar surface area (TPSA) is 76.8 Å². The molecule has 1 saturated heterocycles. The van der Waals surface area contributed by atoms with Crippen LogP contribution in [0.2, 0.25) is 0 Å². The zero-order valence-electron chi connectivity index (χ0n) is 19.2. The third-order valence-electron chi connectivity index (χ3n) is 5.74. The minimum absolute atomic E-state index is 0.164. The second-order valence-electron chi connectivity index (χ2n) is 7.91. The van der Waals surface area contributed by atoms with E-state index in [0.717, 1.165) is 35.7 Å². The molecule has 33 heavy (non-hydrogen) atoms. The van der Waals surface area contributed by atoms with Crippen molar-refractivity contribution in [2.24, 2.45) is 0 Å². The molecule has 1 N–H and O–H groups in total. The van der Waals surface area contributed by atoms with Crippen molar-refractivity contribution in [1.82, 2.24) is 10.5 Å². The number of benzene rings is 2. The van der Waals surface area contributed by atoms with Gasteiger partial charge in [-0.3, -0.25) is 4.79 Å². The van der Waals surface area contributed by atoms with E-state index in [4.69, 9.17) is 14.0 Å². The Morgan fingerprint density at radius 3 is 2.55 bits per heavy atom. The van der Waals surface area contributed by atoms with Crippen LogP contribution < -0.4 is 19.7 Å². The van der Waals surface area contributed by atoms with Gasteiger partial charge in [0.1, 0.15) is 12.4 Å². The summed E-state index contributed by atoms with van der Waals surface area (Å²) in [5.74, 6) is 3.96. The Labute approximate surface area is 198 Å². The van der Waals surface area contributed by atoms with Gasteiger partial charge < -0.3 is 24.2 Å². The van der Waals surface area contributed by atoms with Crippen molar-refractivity contribution >= 4 is 23.4 Å². The van der Waals surface area contributed by atoms with Crippen molar-refractivity contribution in [2.45, 2.75) is 27.0 Å². The van der Waals surface area contributed by atoms with E-state index in [2.05, 4.69) is 39.6 Å². The molecule has 174 valence electrons. The SMILES string of the molecule is COc1cc(C(=O)NCc2ccc(N3CCSCC3)cc2)ccc1OCc1c(C)noc1C. The first-order valence-electron chi connectivity index (χ1n) is 11.0. The summed E-state index contributed by atoms with van der Waals surface area (Å²) in [7, 11) is 1.56. The third-order valence-corrected chi connectivity index (χ3v) is 6.69. The highest BCUT2D eigenvalue weighted by atomic mass is 32.2. The lowest BCUT2D eigenvalue weighted by atomic mass is 10.1. The van der Waals surface area contributed by atoms with Gasteiger partial charge in [0, 0.05) is 42.4 Å². The van der Waals surface area contributed by atoms with Gasteiger partial charge in [0.05, 0.1) is 18.4 Å². The van der Waals surface area contributed by atoms with Gasteiger partial charge in [-0.15, -0.1) is 0 Å². The summed E-state index contributed by atoms with van der Waals surface area (Å²) in [5.41, 5.74) is 4.51. The van der Waals surface area contributed by atoms with E-state index < -0.39 is 0 Å². The number of aromatic nitrogens is 1. The quantitative estimate of drug-likeness (QED) is 0.527. The fraction of sp³-hybridized carbons (Fsp3) is 0.360. The number of thioether (sulfide) groups is 1. The number of nitrogens with zero attached hydrogens (tertiary/aromatic N) is 2. The molecule has 2 heterocycles. The number of carbonyl (C=O) groups excluding carboxylic acids is 1. The molecule has 1 aliphatic rings. The number of amides is 1. The van der Waals surface area contributed by atoms with Gasteiger partial charge in [-0.1, -0.05) is 17.3 Å². The second kappa shape index (κ2) is 10.7. The summed E-state index contributed by atoms with van der Waals surface area (Å²) in [5, 5.41) is 6.92. The zero-order valence-corrected chi connectivity index (χ0v) is 20.0. The molecule has 0 bridgehead atoms. The number of methoxy groups -OCH3 is 1. The average molecular weight is 468 g/mol. The fourth-order valence-electron chi connectivity index (χ4n) is 3.72. The normalized spacial score (nSPS) is 13.6. The van der Waals surface area contributed by atoms with Crippen LogP contribution in [0.5, 0.6) is 11.5 Å². The summed E-state index contributed by atoms with van der Waals surface area (Å²) in [6, 6.07) is 13.6. The number of carbonyl (C=O) groups is 1. The van der Waals surface area contributed by atoms with E-state index in [1.807, 2.05) is 25.6 Å². The molecule has 0 atom stereocenters. The first-order chi connectivity index (χ1) is 16.0. The van der Waals surface area contributed by atoms with Crippen LogP contribution in [0, 0.1) is 13.8 Å². The predicted molar refractivity (Wildman–Crippen MR) is 130 cm³/mol. The number of rotatable bonds is 8. The first kappa shape index (κ1) is 23.0. The van der Waals surface area contributed by atoms with Crippen LogP contribution in [0.15, 0.2) is 47.0 Å². The molecule has 0 radical (unpaired) electrons. The van der Waals surface area contributed by atoms with Crippen LogP contribution in [-0.4, -0.2) is 42.8 Å². The van der Waals surface area contributed by atoms with Crippen molar-refractivity contribution in [3.05, 3.63) is 70.6 Å². The Balaban J connectivity index is 1.35. The van der Waals surface area contributed by atoms with Crippen LogP contribution in [0.4, 0.5) is 5.69 Å². The van der Waals surface area contributed by atoms with Crippen molar-refractivity contribution in [2.75, 3.05) is 36.6 Å². The molecular formula is C25H29N3O4S. The summed E-state index contributed by atoms with van der Waals surface area (Å²) < 4.78 is 16.5. The molecule has 3 aromatic rings. The highest BCUT2D eigenvalue weighted by Gasteiger charge is 2.15. The maximum atomic E-state index is 12.7. The minimum atomic E-state index is -0.164.